The van der Waals surface area contributed by atoms with E-state index in [0.29, 0.717) is 22.3 Å². The summed E-state index contributed by atoms with van der Waals surface area (Å²) in [5.74, 6) is -0.764. The Kier molecular flexibility index (Phi) is 9.60. The molecule has 174 valence electrons. The minimum Gasteiger partial charge on any atom is -0.465 e. The molecule has 0 aromatic heterocycles. The quantitative estimate of drug-likeness (QED) is 0.360. The van der Waals surface area contributed by atoms with E-state index in [1.54, 1.807) is 18.2 Å². The number of hydrogen-bond acceptors (Lipinski definition) is 4. The molecule has 0 aliphatic heterocycles. The van der Waals surface area contributed by atoms with Gasteiger partial charge in [-0.2, -0.15) is 0 Å². The van der Waals surface area contributed by atoms with Crippen LogP contribution in [0.2, 0.25) is 10.0 Å². The number of halogens is 2. The first-order valence-corrected chi connectivity index (χ1v) is 11.7. The summed E-state index contributed by atoms with van der Waals surface area (Å²) in [5, 5.41) is 4.24. The van der Waals surface area contributed by atoms with Crippen LogP contribution in [-0.2, 0) is 20.7 Å². The molecule has 2 aromatic rings. The molecule has 2 rings (SSSR count). The molecule has 4 nitrogen and oxygen atoms in total. The fraction of sp³-hybridized carbons (Fsp3) is 0.462. The lowest BCUT2D eigenvalue weighted by molar-refractivity contribution is -0.152. The topological polar surface area (TPSA) is 55.4 Å². The number of benzene rings is 2. The molecule has 0 aliphatic carbocycles. The van der Waals surface area contributed by atoms with Gasteiger partial charge in [-0.25, -0.2) is 0 Å². The lowest BCUT2D eigenvalue weighted by Crippen LogP contribution is -2.27. The van der Waals surface area contributed by atoms with Gasteiger partial charge in [-0.05, 0) is 41.5 Å². The average Bonchev–Trinajstić information content (AvgIpc) is 2.69. The van der Waals surface area contributed by atoms with Gasteiger partial charge in [-0.1, -0.05) is 82.1 Å². The van der Waals surface area contributed by atoms with E-state index in [9.17, 15) is 9.59 Å². The molecular weight excluding hydrogens is 445 g/mol. The zero-order valence-corrected chi connectivity index (χ0v) is 21.0. The van der Waals surface area contributed by atoms with Gasteiger partial charge in [-0.15, -0.1) is 0 Å². The predicted molar refractivity (Wildman–Crippen MR) is 133 cm³/mol. The van der Waals surface area contributed by atoms with Crippen LogP contribution in [0.1, 0.15) is 53.0 Å². The maximum atomic E-state index is 12.9. The second-order valence-corrected chi connectivity index (χ2v) is 10.4. The number of carbonyl (C=O) groups excluding carboxylic acids is 2. The molecule has 0 bridgehead atoms. The van der Waals surface area contributed by atoms with Crippen LogP contribution in [0.5, 0.6) is 0 Å². The van der Waals surface area contributed by atoms with Crippen LogP contribution in [0.25, 0.3) is 0 Å². The van der Waals surface area contributed by atoms with Crippen LogP contribution in [0.4, 0.5) is 11.4 Å². The highest BCUT2D eigenvalue weighted by Crippen LogP contribution is 2.34. The molecule has 0 saturated heterocycles. The Morgan fingerprint density at radius 1 is 1.00 bits per heavy atom. The standard InChI is InChI=1S/C26H33Cl2NO3/c1-17(2)20(25(31)32-14-13-26(3,4)5)16-19(30)15-18-9-6-7-12-23(18)29-24-21(27)10-8-11-22(24)28/h6-12,17,20,29H,13-16H2,1-5H3. The van der Waals surface area contributed by atoms with Crippen molar-refractivity contribution in [1.29, 1.82) is 0 Å². The number of carbonyl (C=O) groups is 2. The van der Waals surface area contributed by atoms with Gasteiger partial charge in [0.1, 0.15) is 5.78 Å². The summed E-state index contributed by atoms with van der Waals surface area (Å²) < 4.78 is 5.49. The lowest BCUT2D eigenvalue weighted by atomic mass is 9.89. The minimum absolute atomic E-state index is 0.0105. The van der Waals surface area contributed by atoms with Crippen molar-refractivity contribution in [2.75, 3.05) is 11.9 Å². The van der Waals surface area contributed by atoms with E-state index in [4.69, 9.17) is 27.9 Å². The van der Waals surface area contributed by atoms with Crippen LogP contribution in [0, 0.1) is 17.3 Å². The van der Waals surface area contributed by atoms with Crippen LogP contribution < -0.4 is 5.32 Å². The number of ether oxygens (including phenoxy) is 1. The Hall–Kier alpha value is -2.04. The third-order valence-electron chi connectivity index (χ3n) is 5.28. The normalized spacial score (nSPS) is 12.5. The number of ketones is 1. The highest BCUT2D eigenvalue weighted by Gasteiger charge is 2.27. The molecule has 0 saturated carbocycles. The summed E-state index contributed by atoms with van der Waals surface area (Å²) in [5.41, 5.74) is 2.25. The average molecular weight is 478 g/mol. The van der Waals surface area contributed by atoms with Gasteiger partial charge in [0, 0.05) is 18.5 Å². The van der Waals surface area contributed by atoms with Crippen molar-refractivity contribution in [2.45, 2.75) is 53.9 Å². The first kappa shape index (κ1) is 26.2. The van der Waals surface area contributed by atoms with Gasteiger partial charge in [0.05, 0.1) is 28.3 Å². The molecule has 1 N–H and O–H groups in total. The SMILES string of the molecule is CC(C)C(CC(=O)Cc1ccccc1Nc1c(Cl)cccc1Cl)C(=O)OCCC(C)(C)C. The molecule has 0 fully saturated rings. The number of rotatable bonds is 10. The second kappa shape index (κ2) is 11.7. The van der Waals surface area contributed by atoms with Crippen molar-refractivity contribution in [3.05, 3.63) is 58.1 Å². The van der Waals surface area contributed by atoms with Gasteiger partial charge in [-0.3, -0.25) is 9.59 Å². The lowest BCUT2D eigenvalue weighted by Gasteiger charge is -2.22. The summed E-state index contributed by atoms with van der Waals surface area (Å²) >= 11 is 12.6. The molecule has 0 spiro atoms. The maximum absolute atomic E-state index is 12.9. The van der Waals surface area contributed by atoms with Crippen LogP contribution in [-0.4, -0.2) is 18.4 Å². The number of nitrogens with one attached hydrogen (secondary N) is 1. The summed E-state index contributed by atoms with van der Waals surface area (Å²) in [4.78, 5) is 25.5. The monoisotopic (exact) mass is 477 g/mol. The molecule has 1 unspecified atom stereocenters. The molecule has 1 atom stereocenters. The van der Waals surface area contributed by atoms with E-state index < -0.39 is 5.92 Å². The number of anilines is 2. The number of para-hydroxylation sites is 2. The second-order valence-electron chi connectivity index (χ2n) is 9.63. The molecule has 6 heteroatoms. The molecule has 0 aliphatic rings. The van der Waals surface area contributed by atoms with Gasteiger partial charge >= 0.3 is 5.97 Å². The Morgan fingerprint density at radius 3 is 2.22 bits per heavy atom. The van der Waals surface area contributed by atoms with Crippen molar-refractivity contribution in [2.24, 2.45) is 17.3 Å². The van der Waals surface area contributed by atoms with E-state index in [1.807, 2.05) is 38.1 Å². The fourth-order valence-electron chi connectivity index (χ4n) is 3.23. The highest BCUT2D eigenvalue weighted by molar-refractivity contribution is 6.39. The first-order chi connectivity index (χ1) is 15.0. The van der Waals surface area contributed by atoms with E-state index in [0.717, 1.165) is 17.7 Å². The predicted octanol–water partition coefficient (Wildman–Crippen LogP) is 7.49. The Labute approximate surface area is 201 Å². The van der Waals surface area contributed by atoms with Crippen molar-refractivity contribution >= 4 is 46.3 Å². The van der Waals surface area contributed by atoms with Crippen molar-refractivity contribution in [3.8, 4) is 0 Å². The van der Waals surface area contributed by atoms with E-state index >= 15 is 0 Å². The van der Waals surface area contributed by atoms with Crippen molar-refractivity contribution in [1.82, 2.24) is 0 Å². The smallest absolute Gasteiger partial charge is 0.309 e. The zero-order chi connectivity index (χ0) is 23.9. The van der Waals surface area contributed by atoms with Gasteiger partial charge in [0.25, 0.3) is 0 Å². The maximum Gasteiger partial charge on any atom is 0.309 e. The summed E-state index contributed by atoms with van der Waals surface area (Å²) in [6.45, 7) is 10.6. The molecule has 0 heterocycles. The van der Waals surface area contributed by atoms with Crippen LogP contribution >= 0.6 is 23.2 Å². The fourth-order valence-corrected chi connectivity index (χ4v) is 3.73. The molecule has 2 aromatic carbocycles. The zero-order valence-electron chi connectivity index (χ0n) is 19.5. The number of hydrogen-bond donors (Lipinski definition) is 1. The van der Waals surface area contributed by atoms with Gasteiger partial charge in [0.15, 0.2) is 0 Å². The highest BCUT2D eigenvalue weighted by atomic mass is 35.5. The van der Waals surface area contributed by atoms with Gasteiger partial charge < -0.3 is 10.1 Å². The first-order valence-electron chi connectivity index (χ1n) is 10.9. The van der Waals surface area contributed by atoms with Crippen LogP contribution in [0.15, 0.2) is 42.5 Å². The summed E-state index contributed by atoms with van der Waals surface area (Å²) in [6.07, 6.45) is 1.12. The van der Waals surface area contributed by atoms with E-state index in [-0.39, 0.29) is 35.9 Å². The Bertz CT molecular complexity index is 915. The molecule has 32 heavy (non-hydrogen) atoms. The largest absolute Gasteiger partial charge is 0.465 e. The number of esters is 1. The molecule has 0 radical (unpaired) electrons. The third-order valence-corrected chi connectivity index (χ3v) is 5.91. The van der Waals surface area contributed by atoms with E-state index in [2.05, 4.69) is 26.1 Å². The van der Waals surface area contributed by atoms with Crippen LogP contribution in [0.3, 0.4) is 0 Å². The third kappa shape index (κ3) is 8.14. The minimum atomic E-state index is -0.458. The Morgan fingerprint density at radius 2 is 1.62 bits per heavy atom. The number of Topliss-reactive ketones (excluding diaryl/α,β-unsaturated/α-hetero) is 1. The summed E-state index contributed by atoms with van der Waals surface area (Å²) in [7, 11) is 0. The van der Waals surface area contributed by atoms with Gasteiger partial charge in [0.2, 0.25) is 0 Å². The molecule has 0 amide bonds. The van der Waals surface area contributed by atoms with E-state index in [1.165, 1.54) is 0 Å². The van der Waals surface area contributed by atoms with Crippen molar-refractivity contribution in [3.63, 3.8) is 0 Å². The van der Waals surface area contributed by atoms with Crippen molar-refractivity contribution < 1.29 is 14.3 Å². The Balaban J connectivity index is 2.07. The summed E-state index contributed by atoms with van der Waals surface area (Å²) in [6, 6.07) is 12.8. The molecular formula is C26H33Cl2NO3.